The number of carbonyl (C=O) groups is 2. The number of hydrogen-bond acceptors (Lipinski definition) is 5. The average molecular weight is 563 g/mol. The third-order valence-electron chi connectivity index (χ3n) is 8.29. The Morgan fingerprint density at radius 3 is 2.05 bits per heavy atom. The minimum absolute atomic E-state index is 0.0390. The Hall–Kier alpha value is -5.11. The van der Waals surface area contributed by atoms with Crippen molar-refractivity contribution in [2.45, 2.75) is 27.7 Å². The molecule has 0 fully saturated rings. The summed E-state index contributed by atoms with van der Waals surface area (Å²) >= 11 is 0. The number of carboxylic acids is 2. The third-order valence-corrected chi connectivity index (χ3v) is 8.29. The smallest absolute Gasteiger partial charge is 0.328 e. The second-order valence-corrected chi connectivity index (χ2v) is 10.8. The van der Waals surface area contributed by atoms with Crippen molar-refractivity contribution in [1.82, 2.24) is 15.6 Å². The normalized spacial score (nSPS) is 23.3. The highest BCUT2D eigenvalue weighted by Gasteiger charge is 2.30. The van der Waals surface area contributed by atoms with Crippen molar-refractivity contribution in [3.05, 3.63) is 123 Å². The van der Waals surface area contributed by atoms with Gasteiger partial charge in [0.1, 0.15) is 0 Å². The number of H-pyrrole nitrogens is 1. The van der Waals surface area contributed by atoms with Gasteiger partial charge in [0.2, 0.25) is 0 Å². The van der Waals surface area contributed by atoms with Crippen LogP contribution in [0.4, 0.5) is 0 Å². The molecule has 214 valence electrons. The first-order chi connectivity index (χ1) is 20.0. The van der Waals surface area contributed by atoms with Crippen LogP contribution in [0.2, 0.25) is 0 Å². The van der Waals surface area contributed by atoms with Crippen LogP contribution in [0.5, 0.6) is 0 Å². The van der Waals surface area contributed by atoms with Crippen molar-refractivity contribution in [2.75, 3.05) is 0 Å². The Balaban J connectivity index is 1.83. The summed E-state index contributed by atoms with van der Waals surface area (Å²) in [5.74, 6) is -2.38. The minimum atomic E-state index is -1.06. The van der Waals surface area contributed by atoms with E-state index in [1.165, 1.54) is 0 Å². The lowest BCUT2D eigenvalue weighted by molar-refractivity contribution is -0.132. The Morgan fingerprint density at radius 1 is 0.857 bits per heavy atom. The van der Waals surface area contributed by atoms with Crippen LogP contribution in [0.1, 0.15) is 31.9 Å². The summed E-state index contributed by atoms with van der Waals surface area (Å²) < 4.78 is 0. The summed E-state index contributed by atoms with van der Waals surface area (Å²) in [6.07, 6.45) is 17.2. The van der Waals surface area contributed by atoms with E-state index in [1.54, 1.807) is 12.2 Å². The Bertz CT molecular complexity index is 1820. The number of allylic oxidation sites excluding steroid dienone is 9. The molecule has 4 aliphatic heterocycles. The first kappa shape index (κ1) is 28.4. The van der Waals surface area contributed by atoms with Gasteiger partial charge in [-0.15, -0.1) is 0 Å². The second kappa shape index (κ2) is 11.0. The van der Waals surface area contributed by atoms with Crippen molar-refractivity contribution < 1.29 is 19.8 Å². The highest BCUT2D eigenvalue weighted by Crippen LogP contribution is 2.37. The van der Waals surface area contributed by atoms with Crippen molar-refractivity contribution in [3.8, 4) is 0 Å². The van der Waals surface area contributed by atoms with Gasteiger partial charge in [0.05, 0.1) is 11.4 Å². The molecule has 42 heavy (non-hydrogen) atoms. The largest absolute Gasteiger partial charge is 0.478 e. The zero-order valence-corrected chi connectivity index (χ0v) is 24.1. The summed E-state index contributed by atoms with van der Waals surface area (Å²) in [5.41, 5.74) is 9.78. The molecule has 0 spiro atoms. The van der Waals surface area contributed by atoms with Crippen molar-refractivity contribution in [3.63, 3.8) is 0 Å². The summed E-state index contributed by atoms with van der Waals surface area (Å²) in [6.45, 7) is 16.3. The number of aliphatic carboxylic acids is 2. The average Bonchev–Trinajstić information content (AvgIpc) is 3.59. The number of aliphatic imine (C=N–C) groups is 1. The zero-order valence-electron chi connectivity index (χ0n) is 24.1. The first-order valence-corrected chi connectivity index (χ1v) is 13.8. The molecule has 5 rings (SSSR count). The second-order valence-electron chi connectivity index (χ2n) is 10.8. The minimum Gasteiger partial charge on any atom is -0.478 e. The lowest BCUT2D eigenvalue weighted by Crippen LogP contribution is -2.18. The molecule has 8 bridgehead atoms. The summed E-state index contributed by atoms with van der Waals surface area (Å²) in [4.78, 5) is 31.3. The fourth-order valence-electron chi connectivity index (χ4n) is 5.85. The van der Waals surface area contributed by atoms with E-state index in [9.17, 15) is 19.8 Å². The van der Waals surface area contributed by atoms with E-state index in [-0.39, 0.29) is 17.8 Å². The molecule has 0 aliphatic carbocycles. The number of aromatic amines is 1. The molecule has 0 saturated carbocycles. The molecule has 3 atom stereocenters. The van der Waals surface area contributed by atoms with Gasteiger partial charge in [-0.25, -0.2) is 9.59 Å². The summed E-state index contributed by atoms with van der Waals surface area (Å²) in [7, 11) is 0. The van der Waals surface area contributed by atoms with Crippen LogP contribution in [-0.4, -0.2) is 32.8 Å². The number of nitrogens with zero attached hydrogens (tertiary/aromatic N) is 1. The van der Waals surface area contributed by atoms with Gasteiger partial charge in [0, 0.05) is 69.0 Å². The summed E-state index contributed by atoms with van der Waals surface area (Å²) in [5, 5.41) is 27.4. The molecular formula is C34H34N4O4. The molecule has 4 aliphatic rings. The van der Waals surface area contributed by atoms with Gasteiger partial charge in [0.15, 0.2) is 0 Å². The van der Waals surface area contributed by atoms with Gasteiger partial charge in [-0.2, -0.15) is 0 Å². The molecule has 0 aromatic carbocycles. The van der Waals surface area contributed by atoms with Crippen molar-refractivity contribution in [1.29, 1.82) is 0 Å². The van der Waals surface area contributed by atoms with Gasteiger partial charge >= 0.3 is 11.9 Å². The Morgan fingerprint density at radius 2 is 1.45 bits per heavy atom. The number of aromatic nitrogens is 1. The van der Waals surface area contributed by atoms with Gasteiger partial charge in [-0.05, 0) is 66.5 Å². The molecule has 3 unspecified atom stereocenters. The molecule has 0 amide bonds. The van der Waals surface area contributed by atoms with Gasteiger partial charge < -0.3 is 25.8 Å². The number of carboxylic acid groups (broad SMARTS) is 2. The van der Waals surface area contributed by atoms with Gasteiger partial charge in [0.25, 0.3) is 0 Å². The topological polar surface area (TPSA) is 127 Å². The standard InChI is InChI=1S/C34H34N4O4/c1-7-21-17(3)25-13-26-19(5)23(9-11-33(39)40)31(37-26)16-32-24(10-12-34(41)42)20(6)28(38-32)15-30-22(8-2)18(4)27(36-30)14-29(21)35-25/h7-18,23,35-36,38H,1-2H2,3-6H3,(H,39,40)(H,41,42)/b11-9+,12-10+,25-13?,27-14?,28-15?,32-16?. The predicted octanol–water partition coefficient (Wildman–Crippen LogP) is 4.11. The number of hydrogen-bond donors (Lipinski definition) is 5. The fraction of sp³-hybridized carbons (Fsp3) is 0.206. The molecule has 5 heterocycles. The van der Waals surface area contributed by atoms with E-state index >= 15 is 0 Å². The fourth-order valence-corrected chi connectivity index (χ4v) is 5.85. The lowest BCUT2D eigenvalue weighted by Gasteiger charge is -2.10. The first-order valence-electron chi connectivity index (χ1n) is 13.8. The molecule has 0 saturated heterocycles. The van der Waals surface area contributed by atoms with E-state index in [4.69, 9.17) is 4.99 Å². The Labute approximate surface area is 244 Å². The Kier molecular flexibility index (Phi) is 7.47. The maximum atomic E-state index is 11.4. The molecule has 8 heteroatoms. The van der Waals surface area contributed by atoms with Gasteiger partial charge in [-0.3, -0.25) is 4.99 Å². The van der Waals surface area contributed by atoms with Crippen molar-refractivity contribution >= 4 is 35.9 Å². The highest BCUT2D eigenvalue weighted by molar-refractivity contribution is 6.16. The molecule has 0 radical (unpaired) electrons. The molecule has 8 nitrogen and oxygen atoms in total. The van der Waals surface area contributed by atoms with Crippen LogP contribution < -0.4 is 21.3 Å². The molecule has 1 aromatic rings. The van der Waals surface area contributed by atoms with Crippen LogP contribution >= 0.6 is 0 Å². The maximum Gasteiger partial charge on any atom is 0.328 e. The highest BCUT2D eigenvalue weighted by atomic mass is 16.4. The molecule has 5 N–H and O–H groups in total. The lowest BCUT2D eigenvalue weighted by atomic mass is 9.94. The van der Waals surface area contributed by atoms with Crippen LogP contribution in [0.15, 0.2) is 106 Å². The predicted molar refractivity (Wildman–Crippen MR) is 166 cm³/mol. The van der Waals surface area contributed by atoms with E-state index in [0.717, 1.165) is 68.3 Å². The third kappa shape index (κ3) is 5.07. The maximum absolute atomic E-state index is 11.4. The van der Waals surface area contributed by atoms with Crippen LogP contribution in [-0.2, 0) is 9.59 Å². The quantitative estimate of drug-likeness (QED) is 0.332. The zero-order chi connectivity index (χ0) is 30.3. The van der Waals surface area contributed by atoms with Crippen molar-refractivity contribution in [2.24, 2.45) is 22.7 Å². The van der Waals surface area contributed by atoms with Gasteiger partial charge in [-0.1, -0.05) is 45.2 Å². The van der Waals surface area contributed by atoms with E-state index in [0.29, 0.717) is 16.6 Å². The van der Waals surface area contributed by atoms with E-state index in [2.05, 4.69) is 48.7 Å². The number of fused-ring (bicyclic) bond motifs is 7. The SMILES string of the molecule is C=CC1=C2C=C3NC(=C(C=C)C3C)C=c3[nH]c(c(/C=C/C(=O)O)c3C)=CC3=NC(=C(C)C3/C=C/C(=O)O)C=C(N2)C1C. The monoisotopic (exact) mass is 562 g/mol. The van der Waals surface area contributed by atoms with E-state index < -0.39 is 11.9 Å². The van der Waals surface area contributed by atoms with Crippen LogP contribution in [0.3, 0.4) is 0 Å². The molecular weight excluding hydrogens is 528 g/mol. The van der Waals surface area contributed by atoms with E-state index in [1.807, 2.05) is 44.2 Å². The summed E-state index contributed by atoms with van der Waals surface area (Å²) in [6, 6.07) is 0. The number of rotatable bonds is 6. The van der Waals surface area contributed by atoms with Crippen LogP contribution in [0, 0.1) is 24.7 Å². The molecule has 1 aromatic heterocycles. The van der Waals surface area contributed by atoms with Crippen LogP contribution in [0.25, 0.3) is 18.2 Å². The number of nitrogens with one attached hydrogen (secondary N) is 3.